The van der Waals surface area contributed by atoms with E-state index >= 15 is 0 Å². The van der Waals surface area contributed by atoms with Gasteiger partial charge in [-0.3, -0.25) is 5.43 Å². The normalized spacial score (nSPS) is 17.5. The van der Waals surface area contributed by atoms with Crippen LogP contribution in [0.3, 0.4) is 0 Å². The first-order valence-electron chi connectivity index (χ1n) is 5.57. The maximum atomic E-state index is 11.6. The number of urea groups is 1. The van der Waals surface area contributed by atoms with Crippen LogP contribution in [0.5, 0.6) is 0 Å². The van der Waals surface area contributed by atoms with E-state index in [0.29, 0.717) is 19.3 Å². The second kappa shape index (κ2) is 7.43. The summed E-state index contributed by atoms with van der Waals surface area (Å²) in [5, 5.41) is 0. The minimum atomic E-state index is -0.0781. The van der Waals surface area contributed by atoms with Crippen molar-refractivity contribution in [2.75, 3.05) is 40.5 Å². The van der Waals surface area contributed by atoms with E-state index in [2.05, 4.69) is 10.9 Å². The molecule has 0 radical (unpaired) electrons. The lowest BCUT2D eigenvalue weighted by Gasteiger charge is -2.31. The number of amides is 2. The Morgan fingerprint density at radius 2 is 2.06 bits per heavy atom. The van der Waals surface area contributed by atoms with Crippen LogP contribution in [0.15, 0.2) is 0 Å². The van der Waals surface area contributed by atoms with Crippen LogP contribution in [0.1, 0.15) is 12.8 Å². The van der Waals surface area contributed by atoms with Gasteiger partial charge in [-0.1, -0.05) is 0 Å². The van der Waals surface area contributed by atoms with Crippen LogP contribution < -0.4 is 10.9 Å². The molecule has 1 rings (SSSR count). The molecule has 2 amide bonds. The van der Waals surface area contributed by atoms with Gasteiger partial charge in [0.1, 0.15) is 0 Å². The highest BCUT2D eigenvalue weighted by Gasteiger charge is 2.21. The highest BCUT2D eigenvalue weighted by Crippen LogP contribution is 2.12. The molecule has 1 saturated heterocycles. The number of hydrazine groups is 1. The molecule has 0 unspecified atom stereocenters. The molecule has 0 aromatic carbocycles. The van der Waals surface area contributed by atoms with Crippen molar-refractivity contribution in [2.45, 2.75) is 18.9 Å². The summed E-state index contributed by atoms with van der Waals surface area (Å²) in [6.45, 7) is 2.68. The van der Waals surface area contributed by atoms with Gasteiger partial charge in [-0.05, 0) is 12.8 Å². The standard InChI is InChI=1S/C10H21N3O3/c1-15-8-5-11-12-10(14)13-6-3-9(16-2)4-7-13/h9,11H,3-8H2,1-2H3,(H,12,14). The van der Waals surface area contributed by atoms with Crippen LogP contribution in [0.4, 0.5) is 4.79 Å². The van der Waals surface area contributed by atoms with E-state index in [1.807, 2.05) is 0 Å². The molecule has 0 bridgehead atoms. The molecule has 16 heavy (non-hydrogen) atoms. The highest BCUT2D eigenvalue weighted by atomic mass is 16.5. The second-order valence-electron chi connectivity index (χ2n) is 3.77. The smallest absolute Gasteiger partial charge is 0.331 e. The third-order valence-electron chi connectivity index (χ3n) is 2.69. The van der Waals surface area contributed by atoms with Crippen molar-refractivity contribution < 1.29 is 14.3 Å². The molecule has 0 spiro atoms. The van der Waals surface area contributed by atoms with Gasteiger partial charge >= 0.3 is 6.03 Å². The summed E-state index contributed by atoms with van der Waals surface area (Å²) < 4.78 is 10.1. The minimum absolute atomic E-state index is 0.0781. The number of hydrogen-bond acceptors (Lipinski definition) is 4. The van der Waals surface area contributed by atoms with E-state index in [1.54, 1.807) is 19.1 Å². The average molecular weight is 231 g/mol. The maximum absolute atomic E-state index is 11.6. The molecule has 0 saturated carbocycles. The number of likely N-dealkylation sites (tertiary alicyclic amines) is 1. The number of methoxy groups -OCH3 is 2. The largest absolute Gasteiger partial charge is 0.383 e. The average Bonchev–Trinajstić information content (AvgIpc) is 2.34. The van der Waals surface area contributed by atoms with E-state index < -0.39 is 0 Å². The van der Waals surface area contributed by atoms with Gasteiger partial charge in [0.25, 0.3) is 0 Å². The van der Waals surface area contributed by atoms with E-state index in [9.17, 15) is 4.79 Å². The van der Waals surface area contributed by atoms with Crippen molar-refractivity contribution in [1.82, 2.24) is 15.8 Å². The molecule has 1 fully saturated rings. The number of rotatable bonds is 5. The zero-order valence-corrected chi connectivity index (χ0v) is 9.99. The van der Waals surface area contributed by atoms with Crippen LogP contribution in [-0.2, 0) is 9.47 Å². The van der Waals surface area contributed by atoms with Crippen LogP contribution in [-0.4, -0.2) is 57.5 Å². The van der Waals surface area contributed by atoms with Gasteiger partial charge in [-0.2, -0.15) is 0 Å². The Morgan fingerprint density at radius 3 is 2.62 bits per heavy atom. The number of piperidine rings is 1. The summed E-state index contributed by atoms with van der Waals surface area (Å²) in [4.78, 5) is 13.4. The van der Waals surface area contributed by atoms with Gasteiger partial charge in [0, 0.05) is 33.9 Å². The zero-order chi connectivity index (χ0) is 11.8. The molecule has 0 aromatic rings. The topological polar surface area (TPSA) is 62.8 Å². The van der Waals surface area contributed by atoms with Crippen LogP contribution in [0.2, 0.25) is 0 Å². The van der Waals surface area contributed by atoms with Crippen LogP contribution in [0.25, 0.3) is 0 Å². The molecule has 94 valence electrons. The molecule has 1 heterocycles. The zero-order valence-electron chi connectivity index (χ0n) is 9.99. The number of nitrogens with one attached hydrogen (secondary N) is 2. The summed E-state index contributed by atoms with van der Waals surface area (Å²) in [5.74, 6) is 0. The molecule has 2 N–H and O–H groups in total. The third kappa shape index (κ3) is 4.34. The number of hydrogen-bond donors (Lipinski definition) is 2. The fourth-order valence-electron chi connectivity index (χ4n) is 1.66. The summed E-state index contributed by atoms with van der Waals surface area (Å²) >= 11 is 0. The first-order valence-corrected chi connectivity index (χ1v) is 5.57. The van der Waals surface area contributed by atoms with Gasteiger partial charge in [0.2, 0.25) is 0 Å². The van der Waals surface area contributed by atoms with E-state index in [4.69, 9.17) is 9.47 Å². The Balaban J connectivity index is 2.13. The van der Waals surface area contributed by atoms with Gasteiger partial charge in [-0.15, -0.1) is 0 Å². The molecular formula is C10H21N3O3. The molecule has 0 aromatic heterocycles. The Bertz CT molecular complexity index is 205. The first kappa shape index (κ1) is 13.2. The molecular weight excluding hydrogens is 210 g/mol. The van der Waals surface area contributed by atoms with E-state index in [0.717, 1.165) is 25.9 Å². The minimum Gasteiger partial charge on any atom is -0.383 e. The lowest BCUT2D eigenvalue weighted by molar-refractivity contribution is 0.0497. The molecule has 1 aliphatic rings. The van der Waals surface area contributed by atoms with Crippen molar-refractivity contribution in [3.8, 4) is 0 Å². The lowest BCUT2D eigenvalue weighted by atomic mass is 10.1. The Kier molecular flexibility index (Phi) is 6.14. The molecule has 0 aliphatic carbocycles. The van der Waals surface area contributed by atoms with E-state index in [-0.39, 0.29) is 6.03 Å². The predicted molar refractivity (Wildman–Crippen MR) is 60.0 cm³/mol. The molecule has 6 heteroatoms. The van der Waals surface area contributed by atoms with E-state index in [1.165, 1.54) is 0 Å². The van der Waals surface area contributed by atoms with Crippen molar-refractivity contribution in [1.29, 1.82) is 0 Å². The third-order valence-corrected chi connectivity index (χ3v) is 2.69. The molecule has 0 atom stereocenters. The Labute approximate surface area is 96.2 Å². The van der Waals surface area contributed by atoms with Crippen LogP contribution >= 0.6 is 0 Å². The lowest BCUT2D eigenvalue weighted by Crippen LogP contribution is -2.50. The highest BCUT2D eigenvalue weighted by molar-refractivity contribution is 5.73. The number of nitrogens with zero attached hydrogens (tertiary/aromatic N) is 1. The first-order chi connectivity index (χ1) is 7.77. The summed E-state index contributed by atoms with van der Waals surface area (Å²) in [5.41, 5.74) is 5.45. The van der Waals surface area contributed by atoms with Gasteiger partial charge < -0.3 is 14.4 Å². The SMILES string of the molecule is COCCNNC(=O)N1CCC(OC)CC1. The van der Waals surface area contributed by atoms with Crippen molar-refractivity contribution >= 4 is 6.03 Å². The maximum Gasteiger partial charge on any atom is 0.331 e. The second-order valence-corrected chi connectivity index (χ2v) is 3.77. The van der Waals surface area contributed by atoms with Crippen LogP contribution in [0, 0.1) is 0 Å². The van der Waals surface area contributed by atoms with Crippen molar-refractivity contribution in [2.24, 2.45) is 0 Å². The van der Waals surface area contributed by atoms with Crippen molar-refractivity contribution in [3.63, 3.8) is 0 Å². The van der Waals surface area contributed by atoms with Gasteiger partial charge in [0.05, 0.1) is 12.7 Å². The van der Waals surface area contributed by atoms with Gasteiger partial charge in [0.15, 0.2) is 0 Å². The number of ether oxygens (including phenoxy) is 2. The molecule has 6 nitrogen and oxygen atoms in total. The summed E-state index contributed by atoms with van der Waals surface area (Å²) in [7, 11) is 3.34. The monoisotopic (exact) mass is 231 g/mol. The number of carbonyl (C=O) groups excluding carboxylic acids is 1. The number of carbonyl (C=O) groups is 1. The fraction of sp³-hybridized carbons (Fsp3) is 0.900. The van der Waals surface area contributed by atoms with Crippen molar-refractivity contribution in [3.05, 3.63) is 0 Å². The Morgan fingerprint density at radius 1 is 1.38 bits per heavy atom. The van der Waals surface area contributed by atoms with Gasteiger partial charge in [-0.25, -0.2) is 10.2 Å². The Hall–Kier alpha value is -0.850. The molecule has 1 aliphatic heterocycles. The predicted octanol–water partition coefficient (Wildman–Crippen LogP) is -0.0422. The summed E-state index contributed by atoms with van der Waals surface area (Å²) in [6.07, 6.45) is 2.11. The summed E-state index contributed by atoms with van der Waals surface area (Å²) in [6, 6.07) is -0.0781. The quantitative estimate of drug-likeness (QED) is 0.515. The fourth-order valence-corrected chi connectivity index (χ4v) is 1.66.